The molecule has 122 valence electrons. The number of amides is 1. The maximum atomic E-state index is 12.4. The van der Waals surface area contributed by atoms with Crippen molar-refractivity contribution < 1.29 is 14.6 Å². The first-order chi connectivity index (χ1) is 11.3. The molecule has 0 aromatic heterocycles. The quantitative estimate of drug-likeness (QED) is 0.923. The largest absolute Gasteiger partial charge is 0.484 e. The number of benzene rings is 2. The third-order valence-corrected chi connectivity index (χ3v) is 4.49. The Morgan fingerprint density at radius 2 is 2.00 bits per heavy atom. The Morgan fingerprint density at radius 3 is 2.83 bits per heavy atom. The lowest BCUT2D eigenvalue weighted by atomic mass is 9.99. The van der Waals surface area contributed by atoms with Gasteiger partial charge in [0.15, 0.2) is 6.61 Å². The number of hydrogen-bond acceptors (Lipinski definition) is 3. The molecule has 0 saturated carbocycles. The summed E-state index contributed by atoms with van der Waals surface area (Å²) in [4.78, 5) is 14.3. The Kier molecular flexibility index (Phi) is 5.13. The van der Waals surface area contributed by atoms with Crippen molar-refractivity contribution in [3.05, 3.63) is 42.5 Å². The van der Waals surface area contributed by atoms with Gasteiger partial charge in [-0.3, -0.25) is 4.79 Å². The van der Waals surface area contributed by atoms with Crippen molar-refractivity contribution in [2.45, 2.75) is 31.7 Å². The van der Waals surface area contributed by atoms with Gasteiger partial charge < -0.3 is 14.7 Å². The van der Waals surface area contributed by atoms with Gasteiger partial charge in [0, 0.05) is 19.2 Å². The van der Waals surface area contributed by atoms with Crippen molar-refractivity contribution >= 4 is 16.7 Å². The van der Waals surface area contributed by atoms with Crippen molar-refractivity contribution in [1.29, 1.82) is 0 Å². The summed E-state index contributed by atoms with van der Waals surface area (Å²) < 4.78 is 5.70. The Labute approximate surface area is 136 Å². The second-order valence-electron chi connectivity index (χ2n) is 6.05. The van der Waals surface area contributed by atoms with Crippen molar-refractivity contribution in [3.63, 3.8) is 0 Å². The normalized spacial score (nSPS) is 18.1. The van der Waals surface area contributed by atoms with Gasteiger partial charge in [-0.2, -0.15) is 0 Å². The predicted octanol–water partition coefficient (Wildman–Crippen LogP) is 2.98. The molecule has 1 unspecified atom stereocenters. The number of likely N-dealkylation sites (tertiary alicyclic amines) is 1. The van der Waals surface area contributed by atoms with E-state index in [1.807, 2.05) is 41.3 Å². The van der Waals surface area contributed by atoms with Gasteiger partial charge >= 0.3 is 0 Å². The van der Waals surface area contributed by atoms with Crippen molar-refractivity contribution in [2.24, 2.45) is 0 Å². The number of carbonyl (C=O) groups excluding carboxylic acids is 1. The zero-order valence-electron chi connectivity index (χ0n) is 13.3. The van der Waals surface area contributed by atoms with Gasteiger partial charge in [-0.25, -0.2) is 0 Å². The standard InChI is InChI=1S/C19H23NO3/c21-12-10-17-7-3-4-11-20(17)19(22)14-23-18-9-8-15-5-1-2-6-16(15)13-18/h1-2,5-6,8-9,13,17,21H,3-4,7,10-12,14H2. The lowest BCUT2D eigenvalue weighted by Crippen LogP contribution is -2.46. The number of aliphatic hydroxyl groups excluding tert-OH is 1. The summed E-state index contributed by atoms with van der Waals surface area (Å²) in [5, 5.41) is 11.4. The molecule has 23 heavy (non-hydrogen) atoms. The average molecular weight is 313 g/mol. The maximum Gasteiger partial charge on any atom is 0.260 e. The number of ether oxygens (including phenoxy) is 1. The highest BCUT2D eigenvalue weighted by molar-refractivity contribution is 5.84. The zero-order chi connectivity index (χ0) is 16.1. The van der Waals surface area contributed by atoms with Gasteiger partial charge in [0.2, 0.25) is 0 Å². The summed E-state index contributed by atoms with van der Waals surface area (Å²) in [5.41, 5.74) is 0. The minimum absolute atomic E-state index is 0.0105. The zero-order valence-corrected chi connectivity index (χ0v) is 13.3. The Bertz CT molecular complexity index is 668. The van der Waals surface area contributed by atoms with Crippen LogP contribution in [0, 0.1) is 0 Å². The number of fused-ring (bicyclic) bond motifs is 1. The van der Waals surface area contributed by atoms with Crippen LogP contribution in [0.4, 0.5) is 0 Å². The van der Waals surface area contributed by atoms with E-state index in [1.54, 1.807) is 0 Å². The number of piperidine rings is 1. The van der Waals surface area contributed by atoms with E-state index >= 15 is 0 Å². The van der Waals surface area contributed by atoms with Crippen molar-refractivity contribution in [3.8, 4) is 5.75 Å². The molecule has 2 aromatic carbocycles. The number of rotatable bonds is 5. The molecular weight excluding hydrogens is 290 g/mol. The summed E-state index contributed by atoms with van der Waals surface area (Å²) in [7, 11) is 0. The SMILES string of the molecule is O=C(COc1ccc2ccccc2c1)N1CCCCC1CCO. The van der Waals surface area contributed by atoms with Gasteiger partial charge in [0.05, 0.1) is 0 Å². The topological polar surface area (TPSA) is 49.8 Å². The van der Waals surface area contributed by atoms with E-state index < -0.39 is 0 Å². The first-order valence-corrected chi connectivity index (χ1v) is 8.30. The molecule has 4 heteroatoms. The minimum atomic E-state index is 0.0105. The minimum Gasteiger partial charge on any atom is -0.484 e. The fourth-order valence-electron chi connectivity index (χ4n) is 3.26. The van der Waals surface area contributed by atoms with E-state index in [0.717, 1.165) is 36.6 Å². The molecule has 4 nitrogen and oxygen atoms in total. The van der Waals surface area contributed by atoms with Crippen LogP contribution in [0.2, 0.25) is 0 Å². The molecule has 1 amide bonds. The second kappa shape index (κ2) is 7.47. The number of hydrogen-bond donors (Lipinski definition) is 1. The van der Waals surface area contributed by atoms with Crippen LogP contribution >= 0.6 is 0 Å². The summed E-state index contributed by atoms with van der Waals surface area (Å²) in [5.74, 6) is 0.726. The van der Waals surface area contributed by atoms with Gasteiger partial charge in [-0.05, 0) is 48.6 Å². The van der Waals surface area contributed by atoms with Crippen LogP contribution in [0.3, 0.4) is 0 Å². The Morgan fingerprint density at radius 1 is 1.17 bits per heavy atom. The third kappa shape index (κ3) is 3.82. The Balaban J connectivity index is 1.62. The molecule has 1 heterocycles. The van der Waals surface area contributed by atoms with Crippen LogP contribution in [0.15, 0.2) is 42.5 Å². The second-order valence-corrected chi connectivity index (χ2v) is 6.05. The molecule has 1 fully saturated rings. The van der Waals surface area contributed by atoms with Gasteiger partial charge in [0.25, 0.3) is 5.91 Å². The van der Waals surface area contributed by atoms with Crippen LogP contribution in [0.1, 0.15) is 25.7 Å². The van der Waals surface area contributed by atoms with Crippen LogP contribution in [-0.4, -0.2) is 41.7 Å². The fraction of sp³-hybridized carbons (Fsp3) is 0.421. The highest BCUT2D eigenvalue weighted by atomic mass is 16.5. The summed E-state index contributed by atoms with van der Waals surface area (Å²) >= 11 is 0. The summed E-state index contributed by atoms with van der Waals surface area (Å²) in [6.45, 7) is 0.949. The van der Waals surface area contributed by atoms with Crippen molar-refractivity contribution in [2.75, 3.05) is 19.8 Å². The van der Waals surface area contributed by atoms with Crippen LogP contribution < -0.4 is 4.74 Å². The van der Waals surface area contributed by atoms with Crippen molar-refractivity contribution in [1.82, 2.24) is 4.90 Å². The van der Waals surface area contributed by atoms with Crippen LogP contribution in [0.5, 0.6) is 5.75 Å². The summed E-state index contributed by atoms with van der Waals surface area (Å²) in [6, 6.07) is 14.1. The molecule has 0 bridgehead atoms. The maximum absolute atomic E-state index is 12.4. The smallest absolute Gasteiger partial charge is 0.260 e. The summed E-state index contributed by atoms with van der Waals surface area (Å²) in [6.07, 6.45) is 3.79. The van der Waals surface area contributed by atoms with E-state index in [4.69, 9.17) is 9.84 Å². The van der Waals surface area contributed by atoms with Gasteiger partial charge in [-0.15, -0.1) is 0 Å². The number of nitrogens with zero attached hydrogens (tertiary/aromatic N) is 1. The van der Waals surface area contributed by atoms with E-state index in [9.17, 15) is 4.79 Å². The molecule has 2 aromatic rings. The van der Waals surface area contributed by atoms with E-state index in [2.05, 4.69) is 6.07 Å². The lowest BCUT2D eigenvalue weighted by Gasteiger charge is -2.35. The fourth-order valence-corrected chi connectivity index (χ4v) is 3.26. The first-order valence-electron chi connectivity index (χ1n) is 8.30. The van der Waals surface area contributed by atoms with E-state index in [-0.39, 0.29) is 25.2 Å². The predicted molar refractivity (Wildman–Crippen MR) is 90.5 cm³/mol. The monoisotopic (exact) mass is 313 g/mol. The molecule has 1 aliphatic rings. The highest BCUT2D eigenvalue weighted by Crippen LogP contribution is 2.22. The number of aliphatic hydroxyl groups is 1. The molecule has 0 radical (unpaired) electrons. The van der Waals surface area contributed by atoms with Gasteiger partial charge in [-0.1, -0.05) is 30.3 Å². The van der Waals surface area contributed by atoms with Crippen LogP contribution in [-0.2, 0) is 4.79 Å². The average Bonchev–Trinajstić information content (AvgIpc) is 2.60. The van der Waals surface area contributed by atoms with Crippen LogP contribution in [0.25, 0.3) is 10.8 Å². The molecule has 1 saturated heterocycles. The van der Waals surface area contributed by atoms with E-state index in [0.29, 0.717) is 12.2 Å². The molecule has 0 aliphatic carbocycles. The van der Waals surface area contributed by atoms with E-state index in [1.165, 1.54) is 0 Å². The number of carbonyl (C=O) groups is 1. The van der Waals surface area contributed by atoms with Gasteiger partial charge in [0.1, 0.15) is 5.75 Å². The Hall–Kier alpha value is -2.07. The molecule has 3 rings (SSSR count). The third-order valence-electron chi connectivity index (χ3n) is 4.49. The first kappa shape index (κ1) is 15.8. The molecule has 1 aliphatic heterocycles. The lowest BCUT2D eigenvalue weighted by molar-refractivity contribution is -0.137. The molecule has 1 atom stereocenters. The molecule has 1 N–H and O–H groups in total. The molecule has 0 spiro atoms. The highest BCUT2D eigenvalue weighted by Gasteiger charge is 2.26. The molecular formula is C19H23NO3.